The van der Waals surface area contributed by atoms with E-state index < -0.39 is 23.5 Å². The van der Waals surface area contributed by atoms with Crippen LogP contribution in [0.3, 0.4) is 0 Å². The summed E-state index contributed by atoms with van der Waals surface area (Å²) in [7, 11) is 1.65. The average Bonchev–Trinajstić information content (AvgIpc) is 2.27. The maximum atomic E-state index is 13.3. The van der Waals surface area contributed by atoms with Crippen LogP contribution in [0.25, 0.3) is 0 Å². The lowest BCUT2D eigenvalue weighted by atomic mass is 9.80. The van der Waals surface area contributed by atoms with Crippen molar-refractivity contribution in [1.82, 2.24) is 10.2 Å². The Kier molecular flexibility index (Phi) is 5.12. The van der Waals surface area contributed by atoms with Crippen molar-refractivity contribution in [2.24, 2.45) is 5.41 Å². The predicted molar refractivity (Wildman–Crippen MR) is 69.4 cm³/mol. The van der Waals surface area contributed by atoms with Crippen molar-refractivity contribution in [3.8, 4) is 0 Å². The molecule has 1 fully saturated rings. The summed E-state index contributed by atoms with van der Waals surface area (Å²) < 4.78 is 31.9. The maximum absolute atomic E-state index is 13.3. The topological polar surface area (TPSA) is 41.6 Å². The Bertz CT molecular complexity index is 314. The van der Waals surface area contributed by atoms with Gasteiger partial charge in [0.25, 0.3) is 0 Å². The van der Waals surface area contributed by atoms with Crippen molar-refractivity contribution >= 4 is 6.09 Å². The van der Waals surface area contributed by atoms with Crippen LogP contribution in [0.1, 0.15) is 33.6 Å². The second-order valence-corrected chi connectivity index (χ2v) is 6.20. The number of nitrogens with zero attached hydrogens (tertiary/aromatic N) is 1. The molecule has 0 saturated carbocycles. The highest BCUT2D eigenvalue weighted by Gasteiger charge is 2.44. The lowest BCUT2D eigenvalue weighted by Gasteiger charge is -2.42. The van der Waals surface area contributed by atoms with Crippen molar-refractivity contribution in [2.45, 2.75) is 45.6 Å². The molecule has 19 heavy (non-hydrogen) atoms. The standard InChI is InChI=1S/C13H24F2N2O2/c1-12(2,3)19-11(18)17-7-5-6-13(9-17,8-16-4)10(14)15/h10,16H,5-9H2,1-4H3. The first-order valence-corrected chi connectivity index (χ1v) is 6.61. The SMILES string of the molecule is CNCC1(C(F)F)CCCN(C(=O)OC(C)(C)C)C1. The monoisotopic (exact) mass is 278 g/mol. The van der Waals surface area contributed by atoms with Gasteiger partial charge in [0.05, 0.1) is 5.41 Å². The van der Waals surface area contributed by atoms with Gasteiger partial charge >= 0.3 is 6.09 Å². The fourth-order valence-electron chi connectivity index (χ4n) is 2.39. The van der Waals surface area contributed by atoms with Gasteiger partial charge in [0.1, 0.15) is 5.60 Å². The summed E-state index contributed by atoms with van der Waals surface area (Å²) in [5.74, 6) is 0. The summed E-state index contributed by atoms with van der Waals surface area (Å²) in [6.07, 6.45) is -1.96. The molecule has 1 unspecified atom stereocenters. The molecule has 0 aliphatic carbocycles. The van der Waals surface area contributed by atoms with E-state index in [9.17, 15) is 13.6 Å². The van der Waals surface area contributed by atoms with Crippen LogP contribution < -0.4 is 5.32 Å². The molecule has 1 saturated heterocycles. The largest absolute Gasteiger partial charge is 0.444 e. The van der Waals surface area contributed by atoms with Gasteiger partial charge in [0.15, 0.2) is 0 Å². The summed E-state index contributed by atoms with van der Waals surface area (Å²) >= 11 is 0. The Morgan fingerprint density at radius 1 is 1.47 bits per heavy atom. The Hall–Kier alpha value is -0.910. The second kappa shape index (κ2) is 6.03. The molecule has 0 bridgehead atoms. The third-order valence-electron chi connectivity index (χ3n) is 3.25. The van der Waals surface area contributed by atoms with E-state index in [2.05, 4.69) is 5.32 Å². The second-order valence-electron chi connectivity index (χ2n) is 6.20. The molecule has 0 aromatic rings. The number of hydrogen-bond acceptors (Lipinski definition) is 3. The Labute approximate surface area is 113 Å². The number of carbonyl (C=O) groups excluding carboxylic acids is 1. The van der Waals surface area contributed by atoms with Crippen molar-refractivity contribution in [2.75, 3.05) is 26.7 Å². The van der Waals surface area contributed by atoms with Gasteiger partial charge in [-0.3, -0.25) is 0 Å². The van der Waals surface area contributed by atoms with Gasteiger partial charge in [-0.15, -0.1) is 0 Å². The number of carbonyl (C=O) groups is 1. The molecule has 1 aliphatic rings. The highest BCUT2D eigenvalue weighted by Crippen LogP contribution is 2.36. The number of hydrogen-bond donors (Lipinski definition) is 1. The van der Waals surface area contributed by atoms with Crippen molar-refractivity contribution in [1.29, 1.82) is 0 Å². The fraction of sp³-hybridized carbons (Fsp3) is 0.923. The van der Waals surface area contributed by atoms with Crippen LogP contribution in [0.4, 0.5) is 13.6 Å². The van der Waals surface area contributed by atoms with Gasteiger partial charge in [0.2, 0.25) is 6.43 Å². The summed E-state index contributed by atoms with van der Waals surface area (Å²) in [5.41, 5.74) is -1.77. The highest BCUT2D eigenvalue weighted by molar-refractivity contribution is 5.68. The Morgan fingerprint density at radius 3 is 2.58 bits per heavy atom. The number of piperidine rings is 1. The first-order valence-electron chi connectivity index (χ1n) is 6.61. The number of likely N-dealkylation sites (tertiary alicyclic amines) is 1. The van der Waals surface area contributed by atoms with E-state index in [1.807, 2.05) is 0 Å². The van der Waals surface area contributed by atoms with Gasteiger partial charge in [-0.25, -0.2) is 13.6 Å². The number of halogens is 2. The molecule has 6 heteroatoms. The lowest BCUT2D eigenvalue weighted by Crippen LogP contribution is -2.54. The normalized spacial score (nSPS) is 24.7. The quantitative estimate of drug-likeness (QED) is 0.862. The Balaban J connectivity index is 2.74. The van der Waals surface area contributed by atoms with Gasteiger partial charge in [-0.05, 0) is 40.7 Å². The van der Waals surface area contributed by atoms with Gasteiger partial charge < -0.3 is 15.0 Å². The van der Waals surface area contributed by atoms with Gasteiger partial charge in [-0.2, -0.15) is 0 Å². The van der Waals surface area contributed by atoms with Crippen molar-refractivity contribution < 1.29 is 18.3 Å². The maximum Gasteiger partial charge on any atom is 0.410 e. The number of amides is 1. The lowest BCUT2D eigenvalue weighted by molar-refractivity contribution is -0.0577. The number of ether oxygens (including phenoxy) is 1. The van der Waals surface area contributed by atoms with E-state index in [4.69, 9.17) is 4.74 Å². The molecule has 0 aromatic carbocycles. The molecule has 112 valence electrons. The summed E-state index contributed by atoms with van der Waals surface area (Å²) in [4.78, 5) is 13.4. The van der Waals surface area contributed by atoms with Gasteiger partial charge in [-0.1, -0.05) is 0 Å². The van der Waals surface area contributed by atoms with Crippen LogP contribution in [0.2, 0.25) is 0 Å². The number of rotatable bonds is 3. The Morgan fingerprint density at radius 2 is 2.11 bits per heavy atom. The minimum absolute atomic E-state index is 0.0421. The fourth-order valence-corrected chi connectivity index (χ4v) is 2.39. The number of nitrogens with one attached hydrogen (secondary N) is 1. The van der Waals surface area contributed by atoms with E-state index in [-0.39, 0.29) is 13.1 Å². The minimum Gasteiger partial charge on any atom is -0.444 e. The van der Waals surface area contributed by atoms with E-state index in [0.717, 1.165) is 0 Å². The van der Waals surface area contributed by atoms with E-state index in [0.29, 0.717) is 19.4 Å². The first kappa shape index (κ1) is 16.1. The van der Waals surface area contributed by atoms with Crippen LogP contribution in [0.15, 0.2) is 0 Å². The average molecular weight is 278 g/mol. The zero-order valence-electron chi connectivity index (χ0n) is 12.1. The summed E-state index contributed by atoms with van der Waals surface area (Å²) in [6, 6.07) is 0. The molecule has 1 atom stereocenters. The minimum atomic E-state index is -2.45. The van der Waals surface area contributed by atoms with Crippen LogP contribution >= 0.6 is 0 Å². The molecule has 4 nitrogen and oxygen atoms in total. The van der Waals surface area contributed by atoms with E-state index in [1.165, 1.54) is 4.90 Å². The molecular weight excluding hydrogens is 254 g/mol. The van der Waals surface area contributed by atoms with E-state index >= 15 is 0 Å². The molecule has 1 heterocycles. The third kappa shape index (κ3) is 4.30. The highest BCUT2D eigenvalue weighted by atomic mass is 19.3. The molecule has 0 radical (unpaired) electrons. The summed E-state index contributed by atoms with van der Waals surface area (Å²) in [6.45, 7) is 6.02. The molecule has 0 spiro atoms. The predicted octanol–water partition coefficient (Wildman–Crippen LogP) is 2.49. The molecule has 0 aromatic heterocycles. The van der Waals surface area contributed by atoms with Crippen LogP contribution in [0.5, 0.6) is 0 Å². The van der Waals surface area contributed by atoms with E-state index in [1.54, 1.807) is 27.8 Å². The van der Waals surface area contributed by atoms with Crippen LogP contribution in [0, 0.1) is 5.41 Å². The third-order valence-corrected chi connectivity index (χ3v) is 3.25. The molecular formula is C13H24F2N2O2. The zero-order chi connectivity index (χ0) is 14.7. The molecule has 1 aliphatic heterocycles. The van der Waals surface area contributed by atoms with Gasteiger partial charge in [0, 0.05) is 19.6 Å². The molecule has 1 rings (SSSR count). The van der Waals surface area contributed by atoms with Crippen LogP contribution in [-0.2, 0) is 4.74 Å². The van der Waals surface area contributed by atoms with Crippen molar-refractivity contribution in [3.63, 3.8) is 0 Å². The molecule has 1 amide bonds. The summed E-state index contributed by atoms with van der Waals surface area (Å²) in [5, 5.41) is 2.81. The smallest absolute Gasteiger partial charge is 0.410 e. The first-order chi connectivity index (χ1) is 8.70. The van der Waals surface area contributed by atoms with Crippen LogP contribution in [-0.4, -0.2) is 49.7 Å². The zero-order valence-corrected chi connectivity index (χ0v) is 12.1. The van der Waals surface area contributed by atoms with Crippen molar-refractivity contribution in [3.05, 3.63) is 0 Å². The number of alkyl halides is 2. The molecule has 1 N–H and O–H groups in total.